The van der Waals surface area contributed by atoms with Gasteiger partial charge in [0.25, 0.3) is 0 Å². The highest BCUT2D eigenvalue weighted by molar-refractivity contribution is 6.56. The SMILES string of the molecule is COC(=O)c1ccc(C=C(CNC(=O)OC(C)(C)C)B2OC(C)(C)C(C)(C)O2)cc1N. The first-order valence-electron chi connectivity index (χ1n) is 10.2. The van der Waals surface area contributed by atoms with Gasteiger partial charge in [-0.15, -0.1) is 0 Å². The third kappa shape index (κ3) is 6.24. The first kappa shape index (κ1) is 24.8. The lowest BCUT2D eigenvalue weighted by Gasteiger charge is -2.32. The highest BCUT2D eigenvalue weighted by atomic mass is 16.7. The zero-order valence-corrected chi connectivity index (χ0v) is 19.6. The molecule has 170 valence electrons. The average Bonchev–Trinajstić information content (AvgIpc) is 2.84. The molecule has 9 heteroatoms. The molecule has 1 aliphatic rings. The van der Waals surface area contributed by atoms with E-state index in [2.05, 4.69) is 5.32 Å². The number of methoxy groups -OCH3 is 1. The lowest BCUT2D eigenvalue weighted by atomic mass is 9.77. The van der Waals surface area contributed by atoms with Gasteiger partial charge in [-0.1, -0.05) is 12.1 Å². The van der Waals surface area contributed by atoms with Crippen LogP contribution in [0.5, 0.6) is 0 Å². The molecule has 0 spiro atoms. The zero-order valence-electron chi connectivity index (χ0n) is 19.6. The summed E-state index contributed by atoms with van der Waals surface area (Å²) in [6, 6.07) is 4.99. The largest absolute Gasteiger partial charge is 0.492 e. The molecule has 0 unspecified atom stereocenters. The van der Waals surface area contributed by atoms with Gasteiger partial charge in [0.1, 0.15) is 5.60 Å². The molecule has 2 rings (SSSR count). The van der Waals surface area contributed by atoms with E-state index in [1.807, 2.05) is 33.8 Å². The number of anilines is 1. The molecule has 0 atom stereocenters. The quantitative estimate of drug-likeness (QED) is 0.416. The molecule has 1 fully saturated rings. The number of benzene rings is 1. The predicted octanol–water partition coefficient (Wildman–Crippen LogP) is 3.59. The van der Waals surface area contributed by atoms with E-state index in [1.54, 1.807) is 39.0 Å². The number of carbonyl (C=O) groups is 2. The van der Waals surface area contributed by atoms with E-state index >= 15 is 0 Å². The summed E-state index contributed by atoms with van der Waals surface area (Å²) in [6.07, 6.45) is 1.27. The molecule has 3 N–H and O–H groups in total. The van der Waals surface area contributed by atoms with Crippen molar-refractivity contribution >= 4 is 30.9 Å². The minimum Gasteiger partial charge on any atom is -0.465 e. The Morgan fingerprint density at radius 2 is 1.74 bits per heavy atom. The fourth-order valence-corrected chi connectivity index (χ4v) is 2.87. The second kappa shape index (κ2) is 8.92. The Hall–Kier alpha value is -2.52. The third-order valence-electron chi connectivity index (χ3n) is 5.22. The highest BCUT2D eigenvalue weighted by Crippen LogP contribution is 2.38. The van der Waals surface area contributed by atoms with Crippen LogP contribution in [-0.4, -0.2) is 49.6 Å². The van der Waals surface area contributed by atoms with Gasteiger partial charge in [0.15, 0.2) is 0 Å². The number of hydrogen-bond donors (Lipinski definition) is 2. The van der Waals surface area contributed by atoms with Gasteiger partial charge >= 0.3 is 19.2 Å². The average molecular weight is 432 g/mol. The van der Waals surface area contributed by atoms with Crippen LogP contribution in [0.1, 0.15) is 64.4 Å². The summed E-state index contributed by atoms with van der Waals surface area (Å²) in [4.78, 5) is 24.0. The number of rotatable bonds is 5. The van der Waals surface area contributed by atoms with E-state index in [1.165, 1.54) is 7.11 Å². The van der Waals surface area contributed by atoms with Crippen LogP contribution in [0.3, 0.4) is 0 Å². The number of ether oxygens (including phenoxy) is 2. The van der Waals surface area contributed by atoms with Crippen molar-refractivity contribution < 1.29 is 28.4 Å². The Kier molecular flexibility index (Phi) is 7.12. The molecule has 1 aromatic rings. The molecule has 31 heavy (non-hydrogen) atoms. The van der Waals surface area contributed by atoms with Crippen molar-refractivity contribution in [3.8, 4) is 0 Å². The molecule has 0 saturated carbocycles. The van der Waals surface area contributed by atoms with Crippen LogP contribution in [0.4, 0.5) is 10.5 Å². The Bertz CT molecular complexity index is 857. The Morgan fingerprint density at radius 3 is 2.23 bits per heavy atom. The predicted molar refractivity (Wildman–Crippen MR) is 120 cm³/mol. The molecule has 0 radical (unpaired) electrons. The maximum atomic E-state index is 12.2. The first-order chi connectivity index (χ1) is 14.1. The normalized spacial score (nSPS) is 17.9. The van der Waals surface area contributed by atoms with Crippen LogP contribution in [0.25, 0.3) is 6.08 Å². The van der Waals surface area contributed by atoms with E-state index < -0.39 is 36.0 Å². The van der Waals surface area contributed by atoms with Crippen LogP contribution in [-0.2, 0) is 18.8 Å². The number of esters is 1. The van der Waals surface area contributed by atoms with E-state index in [9.17, 15) is 9.59 Å². The van der Waals surface area contributed by atoms with Crippen molar-refractivity contribution in [2.24, 2.45) is 0 Å². The fraction of sp³-hybridized carbons (Fsp3) is 0.545. The molecule has 1 heterocycles. The van der Waals surface area contributed by atoms with E-state index in [4.69, 9.17) is 24.5 Å². The lowest BCUT2D eigenvalue weighted by Crippen LogP contribution is -2.41. The molecule has 1 saturated heterocycles. The smallest absolute Gasteiger partial charge is 0.465 e. The first-order valence-corrected chi connectivity index (χ1v) is 10.2. The number of nitrogens with one attached hydrogen (secondary N) is 1. The second-order valence-corrected chi connectivity index (χ2v) is 9.50. The van der Waals surface area contributed by atoms with E-state index in [-0.39, 0.29) is 17.8 Å². The summed E-state index contributed by atoms with van der Waals surface area (Å²) in [7, 11) is 0.621. The number of nitrogen functional groups attached to an aromatic ring is 1. The van der Waals surface area contributed by atoms with Crippen LogP contribution in [0.15, 0.2) is 23.7 Å². The highest BCUT2D eigenvalue weighted by Gasteiger charge is 2.52. The molecular formula is C22H33BN2O6. The Balaban J connectivity index is 2.32. The molecule has 8 nitrogen and oxygen atoms in total. The van der Waals surface area contributed by atoms with Crippen LogP contribution in [0.2, 0.25) is 0 Å². The monoisotopic (exact) mass is 432 g/mol. The fourth-order valence-electron chi connectivity index (χ4n) is 2.87. The molecular weight excluding hydrogens is 399 g/mol. The third-order valence-corrected chi connectivity index (χ3v) is 5.22. The number of alkyl carbamates (subject to hydrolysis) is 1. The number of carbonyl (C=O) groups excluding carboxylic acids is 2. The Labute approximate surface area is 184 Å². The van der Waals surface area contributed by atoms with Gasteiger partial charge in [0, 0.05) is 12.2 Å². The van der Waals surface area contributed by atoms with Crippen molar-refractivity contribution in [2.75, 3.05) is 19.4 Å². The molecule has 0 aromatic heterocycles. The lowest BCUT2D eigenvalue weighted by molar-refractivity contribution is 0.00578. The van der Waals surface area contributed by atoms with Gasteiger partial charge in [-0.25, -0.2) is 9.59 Å². The maximum Gasteiger partial charge on any atom is 0.492 e. The van der Waals surface area contributed by atoms with E-state index in [0.717, 1.165) is 5.56 Å². The topological polar surface area (TPSA) is 109 Å². The van der Waals surface area contributed by atoms with Crippen molar-refractivity contribution in [3.63, 3.8) is 0 Å². The van der Waals surface area contributed by atoms with Gasteiger partial charge in [-0.2, -0.15) is 0 Å². The zero-order chi connectivity index (χ0) is 23.6. The number of hydrogen-bond acceptors (Lipinski definition) is 7. The van der Waals surface area contributed by atoms with Gasteiger partial charge in [-0.3, -0.25) is 0 Å². The molecule has 1 aliphatic heterocycles. The van der Waals surface area contributed by atoms with Gasteiger partial charge in [-0.05, 0) is 71.6 Å². The summed E-state index contributed by atoms with van der Waals surface area (Å²) < 4.78 is 22.4. The van der Waals surface area contributed by atoms with Crippen molar-refractivity contribution in [1.29, 1.82) is 0 Å². The molecule has 1 aromatic carbocycles. The second-order valence-electron chi connectivity index (χ2n) is 9.50. The maximum absolute atomic E-state index is 12.2. The molecule has 1 amide bonds. The van der Waals surface area contributed by atoms with Crippen molar-refractivity contribution in [3.05, 3.63) is 34.8 Å². The standard InChI is InChI=1S/C22H33BN2O6/c1-20(2,3)29-19(27)25-13-15(23-30-21(4,5)22(6,7)31-23)11-14-9-10-16(17(24)12-14)18(26)28-8/h9-12H,13,24H2,1-8H3,(H,25,27). The minimum atomic E-state index is -0.679. The van der Waals surface area contributed by atoms with Gasteiger partial charge in [0.2, 0.25) is 0 Å². The van der Waals surface area contributed by atoms with Gasteiger partial charge < -0.3 is 29.8 Å². The summed E-state index contributed by atoms with van der Waals surface area (Å²) in [5.41, 5.74) is 6.28. The van der Waals surface area contributed by atoms with Gasteiger partial charge in [0.05, 0.1) is 23.9 Å². The van der Waals surface area contributed by atoms with Crippen molar-refractivity contribution in [2.45, 2.75) is 65.3 Å². The van der Waals surface area contributed by atoms with Crippen LogP contribution >= 0.6 is 0 Å². The summed E-state index contributed by atoms with van der Waals surface area (Å²) in [6.45, 7) is 13.3. The minimum absolute atomic E-state index is 0.143. The summed E-state index contributed by atoms with van der Waals surface area (Å²) in [5, 5.41) is 2.75. The number of amides is 1. The number of nitrogens with two attached hydrogens (primary N) is 1. The van der Waals surface area contributed by atoms with Crippen LogP contribution < -0.4 is 11.1 Å². The van der Waals surface area contributed by atoms with Crippen LogP contribution in [0, 0.1) is 0 Å². The molecule has 0 bridgehead atoms. The molecule has 0 aliphatic carbocycles. The van der Waals surface area contributed by atoms with Crippen molar-refractivity contribution in [1.82, 2.24) is 5.32 Å². The van der Waals surface area contributed by atoms with E-state index in [0.29, 0.717) is 5.47 Å². The summed E-state index contributed by atoms with van der Waals surface area (Å²) >= 11 is 0. The summed E-state index contributed by atoms with van der Waals surface area (Å²) in [5.74, 6) is -0.509. The Morgan fingerprint density at radius 1 is 1.16 bits per heavy atom.